The van der Waals surface area contributed by atoms with Crippen LogP contribution in [0.4, 0.5) is 0 Å². The fraction of sp³-hybridized carbons (Fsp3) is 0.560. The molecule has 0 unspecified atom stereocenters. The molecule has 18 heteroatoms. The summed E-state index contributed by atoms with van der Waals surface area (Å²) in [4.78, 5) is 38.2. The molecule has 2 saturated heterocycles. The minimum absolute atomic E-state index is 0.0724. The van der Waals surface area contributed by atoms with Gasteiger partial charge in [-0.2, -0.15) is 0 Å². The average Bonchev–Trinajstić information content (AvgIpc) is 2.99. The van der Waals surface area contributed by atoms with Crippen molar-refractivity contribution in [3.05, 3.63) is 35.9 Å². The van der Waals surface area contributed by atoms with E-state index in [1.54, 1.807) is 0 Å². The van der Waals surface area contributed by atoms with Crippen molar-refractivity contribution in [1.82, 2.24) is 0 Å². The van der Waals surface area contributed by atoms with Gasteiger partial charge in [-0.3, -0.25) is 0 Å². The van der Waals surface area contributed by atoms with Crippen LogP contribution in [0.25, 0.3) is 6.08 Å². The predicted molar refractivity (Wildman–Crippen MR) is 133 cm³/mol. The van der Waals surface area contributed by atoms with E-state index in [1.165, 1.54) is 30.3 Å². The van der Waals surface area contributed by atoms with E-state index in [1.807, 2.05) is 0 Å². The number of hydrogen-bond acceptors (Lipinski definition) is 18. The second kappa shape index (κ2) is 14.9. The van der Waals surface area contributed by atoms with Gasteiger partial charge in [0.2, 0.25) is 18.7 Å². The highest BCUT2D eigenvalue weighted by atomic mass is 16.7. The van der Waals surface area contributed by atoms with Gasteiger partial charge in [0.25, 0.3) is 0 Å². The molecule has 2 heterocycles. The van der Waals surface area contributed by atoms with E-state index >= 15 is 0 Å². The monoisotopic (exact) mass is 620 g/mol. The summed E-state index contributed by atoms with van der Waals surface area (Å²) >= 11 is 0. The molecule has 1 aromatic carbocycles. The zero-order valence-corrected chi connectivity index (χ0v) is 22.0. The van der Waals surface area contributed by atoms with Crippen molar-refractivity contribution in [2.45, 2.75) is 73.6 Å². The lowest BCUT2D eigenvalue weighted by Crippen LogP contribution is -2.61. The fourth-order valence-electron chi connectivity index (χ4n) is 3.97. The van der Waals surface area contributed by atoms with Gasteiger partial charge in [-0.05, 0) is 23.8 Å². The van der Waals surface area contributed by atoms with Gasteiger partial charge in [0, 0.05) is 6.08 Å². The lowest BCUT2D eigenvalue weighted by atomic mass is 9.99. The number of aromatic hydroxyl groups is 1. The van der Waals surface area contributed by atoms with Crippen LogP contribution in [0.2, 0.25) is 0 Å². The quantitative estimate of drug-likeness (QED) is 0.0662. The third kappa shape index (κ3) is 8.22. The van der Waals surface area contributed by atoms with Gasteiger partial charge in [-0.15, -0.1) is 0 Å². The normalized spacial score (nSPS) is 34.3. The van der Waals surface area contributed by atoms with Crippen molar-refractivity contribution in [2.24, 2.45) is 0 Å². The number of benzene rings is 1. The van der Waals surface area contributed by atoms with Crippen LogP contribution in [0, 0.1) is 0 Å². The first-order valence-corrected chi connectivity index (χ1v) is 12.7. The zero-order chi connectivity index (χ0) is 32.0. The van der Waals surface area contributed by atoms with E-state index < -0.39 is 105 Å². The van der Waals surface area contributed by atoms with Crippen molar-refractivity contribution >= 4 is 24.0 Å². The van der Waals surface area contributed by atoms with Crippen LogP contribution in [-0.4, -0.2) is 156 Å². The molecule has 2 aliphatic rings. The highest BCUT2D eigenvalue weighted by Gasteiger charge is 2.49. The van der Waals surface area contributed by atoms with Crippen molar-refractivity contribution in [3.8, 4) is 5.75 Å². The third-order valence-electron chi connectivity index (χ3n) is 6.47. The Hall–Kier alpha value is -3.27. The third-order valence-corrected chi connectivity index (χ3v) is 6.47. The Morgan fingerprint density at radius 2 is 1.21 bits per heavy atom. The molecule has 18 nitrogen and oxygen atoms in total. The van der Waals surface area contributed by atoms with Crippen LogP contribution in [0.3, 0.4) is 0 Å². The molecule has 240 valence electrons. The Balaban J connectivity index is 1.80. The Morgan fingerprint density at radius 3 is 1.67 bits per heavy atom. The highest BCUT2D eigenvalue weighted by Crippen LogP contribution is 2.25. The highest BCUT2D eigenvalue weighted by molar-refractivity contribution is 5.92. The number of aliphatic hydroxyl groups is 9. The van der Waals surface area contributed by atoms with Crippen molar-refractivity contribution in [3.63, 3.8) is 0 Å². The average molecular weight is 621 g/mol. The first-order valence-electron chi connectivity index (χ1n) is 12.7. The number of esters is 3. The van der Waals surface area contributed by atoms with Gasteiger partial charge in [-0.1, -0.05) is 12.1 Å². The van der Waals surface area contributed by atoms with Crippen LogP contribution in [0.15, 0.2) is 30.3 Å². The Kier molecular flexibility index (Phi) is 11.9. The summed E-state index contributed by atoms with van der Waals surface area (Å²) < 4.78 is 24.6. The minimum atomic E-state index is -2.74. The maximum Gasteiger partial charge on any atom is 0.353 e. The van der Waals surface area contributed by atoms with Gasteiger partial charge < -0.3 is 74.7 Å². The summed E-state index contributed by atoms with van der Waals surface area (Å²) in [5, 5.41) is 98.5. The number of carbonyl (C=O) groups excluding carboxylic acids is 3. The SMILES string of the molecule is O=C(/C=C/c1ccc(O)cc1)O[C@@H](C(=O)O[C@@H]1O[C@H](CO)[C@@H](O)[C@H](O)[C@H]1O)[C@@H](O)C(=O)O[C@@H]1O[C@H](CO)[C@@H](O)[C@H](O)[C@H]1O. The number of carbonyl (C=O) groups is 3. The zero-order valence-electron chi connectivity index (χ0n) is 22.0. The molecule has 43 heavy (non-hydrogen) atoms. The van der Waals surface area contributed by atoms with E-state index in [-0.39, 0.29) is 5.75 Å². The molecule has 0 aliphatic carbocycles. The molecule has 3 rings (SSSR count). The molecule has 0 saturated carbocycles. The number of phenols is 1. The van der Waals surface area contributed by atoms with Crippen LogP contribution in [0.5, 0.6) is 5.75 Å². The maximum absolute atomic E-state index is 13.0. The Bertz CT molecular complexity index is 1120. The number of ether oxygens (including phenoxy) is 5. The van der Waals surface area contributed by atoms with Gasteiger partial charge in [0.15, 0.2) is 6.10 Å². The summed E-state index contributed by atoms with van der Waals surface area (Å²) in [7, 11) is 0. The molecule has 1 aromatic rings. The molecule has 0 amide bonds. The first-order chi connectivity index (χ1) is 20.3. The first kappa shape index (κ1) is 34.2. The Labute approximate surface area is 242 Å². The lowest BCUT2D eigenvalue weighted by molar-refractivity contribution is -0.299. The summed E-state index contributed by atoms with van der Waals surface area (Å²) in [6, 6.07) is 5.39. The number of rotatable bonds is 10. The maximum atomic E-state index is 13.0. The molecule has 0 spiro atoms. The summed E-state index contributed by atoms with van der Waals surface area (Å²) in [6.07, 6.45) is -22.4. The van der Waals surface area contributed by atoms with Gasteiger partial charge in [-0.25, -0.2) is 14.4 Å². The minimum Gasteiger partial charge on any atom is -0.508 e. The Morgan fingerprint density at radius 1 is 0.744 bits per heavy atom. The van der Waals surface area contributed by atoms with E-state index in [4.69, 9.17) is 23.7 Å². The molecule has 10 N–H and O–H groups in total. The topological polar surface area (TPSA) is 300 Å². The van der Waals surface area contributed by atoms with Crippen LogP contribution < -0.4 is 0 Å². The summed E-state index contributed by atoms with van der Waals surface area (Å²) in [5.41, 5.74) is 0.373. The second-order valence-corrected chi connectivity index (χ2v) is 9.50. The predicted octanol–water partition coefficient (Wildman–Crippen LogP) is -5.64. The second-order valence-electron chi connectivity index (χ2n) is 9.50. The number of phenolic OH excluding ortho intramolecular Hbond substituents is 1. The van der Waals surface area contributed by atoms with E-state index in [0.717, 1.165) is 6.08 Å². The van der Waals surface area contributed by atoms with Crippen LogP contribution >= 0.6 is 0 Å². The fourth-order valence-corrected chi connectivity index (χ4v) is 3.97. The smallest absolute Gasteiger partial charge is 0.353 e. The number of hydrogen-bond donors (Lipinski definition) is 10. The standard InChI is InChI=1S/C25H32O18/c26-7-11-14(30)16(32)18(34)24(39-11)42-22(37)20(36)21(41-13(29)6-3-9-1-4-10(28)5-2-9)23(38)43-25-19(35)17(33)15(31)12(8-27)40-25/h1-6,11-12,14-21,24-28,30-36H,7-8H2/b6-3+/t11-,12-,14-,15-,16+,17+,18-,19-,20-,21-,24+,25+/m1/s1. The van der Waals surface area contributed by atoms with Gasteiger partial charge in [0.05, 0.1) is 13.2 Å². The number of aliphatic hydroxyl groups excluding tert-OH is 9. The van der Waals surface area contributed by atoms with E-state index in [9.17, 15) is 65.4 Å². The van der Waals surface area contributed by atoms with Crippen molar-refractivity contribution in [2.75, 3.05) is 13.2 Å². The lowest BCUT2D eigenvalue weighted by Gasteiger charge is -2.40. The van der Waals surface area contributed by atoms with Crippen molar-refractivity contribution < 1.29 is 89.1 Å². The van der Waals surface area contributed by atoms with Gasteiger partial charge >= 0.3 is 17.9 Å². The summed E-state index contributed by atoms with van der Waals surface area (Å²) in [6.45, 7) is -1.78. The molecule has 12 atom stereocenters. The van der Waals surface area contributed by atoms with Gasteiger partial charge in [0.1, 0.15) is 54.6 Å². The molecule has 0 radical (unpaired) electrons. The molecule has 2 aliphatic heterocycles. The van der Waals surface area contributed by atoms with E-state index in [0.29, 0.717) is 5.56 Å². The van der Waals surface area contributed by atoms with Crippen molar-refractivity contribution in [1.29, 1.82) is 0 Å². The summed E-state index contributed by atoms with van der Waals surface area (Å²) in [5.74, 6) is -4.97. The van der Waals surface area contributed by atoms with Crippen LogP contribution in [-0.2, 0) is 38.1 Å². The van der Waals surface area contributed by atoms with Crippen LogP contribution in [0.1, 0.15) is 5.56 Å². The molecule has 2 fully saturated rings. The molecule has 0 bridgehead atoms. The molecule has 0 aromatic heterocycles. The molecular weight excluding hydrogens is 588 g/mol. The largest absolute Gasteiger partial charge is 0.508 e. The molecular formula is C25H32O18. The van der Waals surface area contributed by atoms with E-state index in [2.05, 4.69) is 0 Å².